The van der Waals surface area contributed by atoms with E-state index in [9.17, 15) is 24.3 Å². The number of nitrogens with one attached hydrogen (secondary N) is 2. The molecule has 1 aliphatic heterocycles. The van der Waals surface area contributed by atoms with E-state index in [0.29, 0.717) is 31.6 Å². The standard InChI is InChI=1S/C18H32N4O5S/c1-10(2)14(19)17(25)22-8-5-6-13(22)16(24)20-11(3)15(23)21-12(18(26)27)7-9-28-4/h10-14H,5-9,19H2,1-4H3,(H,20,24)(H,21,23)(H,26,27). The average Bonchev–Trinajstić information content (AvgIpc) is 3.12. The van der Waals surface area contributed by atoms with E-state index in [1.807, 2.05) is 20.1 Å². The molecule has 0 radical (unpaired) electrons. The van der Waals surface area contributed by atoms with Crippen molar-refractivity contribution in [3.63, 3.8) is 0 Å². The number of rotatable bonds is 10. The maximum Gasteiger partial charge on any atom is 0.326 e. The Balaban J connectivity index is 2.68. The van der Waals surface area contributed by atoms with Crippen LogP contribution in [0.4, 0.5) is 0 Å². The Kier molecular flexibility index (Phi) is 9.74. The number of hydrogen-bond acceptors (Lipinski definition) is 6. The zero-order valence-corrected chi connectivity index (χ0v) is 17.8. The monoisotopic (exact) mass is 416 g/mol. The Morgan fingerprint density at radius 3 is 2.39 bits per heavy atom. The van der Waals surface area contributed by atoms with Crippen molar-refractivity contribution >= 4 is 35.5 Å². The SMILES string of the molecule is CSCCC(NC(=O)C(C)NC(=O)C1CCCN1C(=O)C(N)C(C)C)C(=O)O. The maximum atomic E-state index is 12.6. The molecule has 0 aromatic heterocycles. The van der Waals surface area contributed by atoms with Crippen LogP contribution in [0.15, 0.2) is 0 Å². The Labute approximate surface area is 170 Å². The van der Waals surface area contributed by atoms with Crippen LogP contribution in [0.2, 0.25) is 0 Å². The second-order valence-electron chi connectivity index (χ2n) is 7.37. The minimum atomic E-state index is -1.11. The second-order valence-corrected chi connectivity index (χ2v) is 8.36. The number of likely N-dealkylation sites (tertiary alicyclic amines) is 1. The predicted molar refractivity (Wildman–Crippen MR) is 108 cm³/mol. The van der Waals surface area contributed by atoms with Crippen molar-refractivity contribution in [3.05, 3.63) is 0 Å². The number of aliphatic carboxylic acids is 1. The molecule has 9 nitrogen and oxygen atoms in total. The summed E-state index contributed by atoms with van der Waals surface area (Å²) in [4.78, 5) is 50.2. The molecule has 1 aliphatic rings. The molecule has 3 amide bonds. The number of carbonyl (C=O) groups is 4. The van der Waals surface area contributed by atoms with Gasteiger partial charge in [-0.05, 0) is 44.1 Å². The van der Waals surface area contributed by atoms with Crippen molar-refractivity contribution in [3.8, 4) is 0 Å². The van der Waals surface area contributed by atoms with E-state index >= 15 is 0 Å². The van der Waals surface area contributed by atoms with Crippen molar-refractivity contribution in [2.45, 2.75) is 64.2 Å². The summed E-state index contributed by atoms with van der Waals surface area (Å²) < 4.78 is 0. The van der Waals surface area contributed by atoms with Gasteiger partial charge in [0.2, 0.25) is 17.7 Å². The lowest BCUT2D eigenvalue weighted by Gasteiger charge is -2.29. The number of nitrogens with zero attached hydrogens (tertiary/aromatic N) is 1. The third-order valence-electron chi connectivity index (χ3n) is 4.82. The van der Waals surface area contributed by atoms with E-state index in [0.717, 1.165) is 0 Å². The molecule has 0 bridgehead atoms. The van der Waals surface area contributed by atoms with Gasteiger partial charge in [0.25, 0.3) is 0 Å². The molecule has 1 rings (SSSR count). The summed E-state index contributed by atoms with van der Waals surface area (Å²) in [6, 6.07) is -3.27. The van der Waals surface area contributed by atoms with Crippen LogP contribution in [0.1, 0.15) is 40.0 Å². The van der Waals surface area contributed by atoms with Gasteiger partial charge in [-0.3, -0.25) is 14.4 Å². The summed E-state index contributed by atoms with van der Waals surface area (Å²) in [5.74, 6) is -1.84. The van der Waals surface area contributed by atoms with E-state index < -0.39 is 42.0 Å². The van der Waals surface area contributed by atoms with E-state index in [1.165, 1.54) is 23.6 Å². The molecule has 0 saturated carbocycles. The van der Waals surface area contributed by atoms with Gasteiger partial charge in [-0.2, -0.15) is 11.8 Å². The van der Waals surface area contributed by atoms with Crippen LogP contribution in [0.25, 0.3) is 0 Å². The molecule has 1 fully saturated rings. The van der Waals surface area contributed by atoms with Crippen LogP contribution in [0.5, 0.6) is 0 Å². The molecule has 0 aromatic rings. The van der Waals surface area contributed by atoms with Crippen molar-refractivity contribution in [1.29, 1.82) is 0 Å². The number of carboxylic acids is 1. The molecule has 4 unspecified atom stereocenters. The van der Waals surface area contributed by atoms with Gasteiger partial charge in [0.05, 0.1) is 6.04 Å². The van der Waals surface area contributed by atoms with Crippen LogP contribution >= 0.6 is 11.8 Å². The lowest BCUT2D eigenvalue weighted by atomic mass is 10.0. The minimum absolute atomic E-state index is 0.0456. The third-order valence-corrected chi connectivity index (χ3v) is 5.46. The summed E-state index contributed by atoms with van der Waals surface area (Å²) in [6.45, 7) is 5.63. The molecule has 0 aliphatic carbocycles. The summed E-state index contributed by atoms with van der Waals surface area (Å²) in [5.41, 5.74) is 5.93. The zero-order chi connectivity index (χ0) is 21.4. The van der Waals surface area contributed by atoms with E-state index in [-0.39, 0.29) is 11.8 Å². The predicted octanol–water partition coefficient (Wildman–Crippen LogP) is -0.212. The molecule has 160 valence electrons. The first-order valence-electron chi connectivity index (χ1n) is 9.48. The van der Waals surface area contributed by atoms with Crippen molar-refractivity contribution < 1.29 is 24.3 Å². The van der Waals surface area contributed by atoms with Gasteiger partial charge >= 0.3 is 5.97 Å². The van der Waals surface area contributed by atoms with Crippen molar-refractivity contribution in [1.82, 2.24) is 15.5 Å². The molecule has 1 heterocycles. The quantitative estimate of drug-likeness (QED) is 0.386. The highest BCUT2D eigenvalue weighted by molar-refractivity contribution is 7.98. The molecule has 28 heavy (non-hydrogen) atoms. The fourth-order valence-electron chi connectivity index (χ4n) is 2.94. The first-order valence-corrected chi connectivity index (χ1v) is 10.9. The Morgan fingerprint density at radius 2 is 1.86 bits per heavy atom. The minimum Gasteiger partial charge on any atom is -0.480 e. The Hall–Kier alpha value is -1.81. The summed E-state index contributed by atoms with van der Waals surface area (Å²) in [5, 5.41) is 14.2. The average molecular weight is 417 g/mol. The van der Waals surface area contributed by atoms with Crippen LogP contribution in [-0.2, 0) is 19.2 Å². The van der Waals surface area contributed by atoms with E-state index in [2.05, 4.69) is 10.6 Å². The first-order chi connectivity index (χ1) is 13.1. The highest BCUT2D eigenvalue weighted by Gasteiger charge is 2.37. The van der Waals surface area contributed by atoms with Gasteiger partial charge in [0.1, 0.15) is 18.1 Å². The topological polar surface area (TPSA) is 142 Å². The molecular weight excluding hydrogens is 384 g/mol. The highest BCUT2D eigenvalue weighted by atomic mass is 32.2. The lowest BCUT2D eigenvalue weighted by molar-refractivity contribution is -0.143. The first kappa shape index (κ1) is 24.2. The van der Waals surface area contributed by atoms with Gasteiger partial charge in [-0.15, -0.1) is 0 Å². The number of amides is 3. The van der Waals surface area contributed by atoms with Gasteiger partial charge in [0, 0.05) is 6.54 Å². The van der Waals surface area contributed by atoms with Crippen LogP contribution in [-0.4, -0.2) is 76.4 Å². The molecule has 1 saturated heterocycles. The number of carboxylic acid groups (broad SMARTS) is 1. The zero-order valence-electron chi connectivity index (χ0n) is 16.9. The molecule has 0 spiro atoms. The van der Waals surface area contributed by atoms with Crippen molar-refractivity contribution in [2.24, 2.45) is 11.7 Å². The molecule has 5 N–H and O–H groups in total. The molecular formula is C18H32N4O5S. The normalized spacial score (nSPS) is 19.8. The fourth-order valence-corrected chi connectivity index (χ4v) is 3.42. The number of nitrogens with two attached hydrogens (primary N) is 1. The van der Waals surface area contributed by atoms with Crippen molar-refractivity contribution in [2.75, 3.05) is 18.6 Å². The second kappa shape index (κ2) is 11.3. The van der Waals surface area contributed by atoms with Gasteiger partial charge in [-0.1, -0.05) is 13.8 Å². The van der Waals surface area contributed by atoms with Crippen LogP contribution < -0.4 is 16.4 Å². The van der Waals surface area contributed by atoms with Crippen LogP contribution in [0, 0.1) is 5.92 Å². The summed E-state index contributed by atoms with van der Waals surface area (Å²) >= 11 is 1.49. The number of thioether (sulfide) groups is 1. The van der Waals surface area contributed by atoms with Crippen LogP contribution in [0.3, 0.4) is 0 Å². The fraction of sp³-hybridized carbons (Fsp3) is 0.778. The highest BCUT2D eigenvalue weighted by Crippen LogP contribution is 2.20. The van der Waals surface area contributed by atoms with Gasteiger partial charge in [-0.25, -0.2) is 4.79 Å². The van der Waals surface area contributed by atoms with E-state index in [1.54, 1.807) is 0 Å². The summed E-state index contributed by atoms with van der Waals surface area (Å²) in [7, 11) is 0. The lowest BCUT2D eigenvalue weighted by Crippen LogP contribution is -2.56. The molecule has 0 aromatic carbocycles. The maximum absolute atomic E-state index is 12.6. The molecule has 10 heteroatoms. The summed E-state index contributed by atoms with van der Waals surface area (Å²) in [6.07, 6.45) is 3.33. The Morgan fingerprint density at radius 1 is 1.21 bits per heavy atom. The number of hydrogen-bond donors (Lipinski definition) is 4. The molecule has 4 atom stereocenters. The largest absolute Gasteiger partial charge is 0.480 e. The van der Waals surface area contributed by atoms with E-state index in [4.69, 9.17) is 5.73 Å². The smallest absolute Gasteiger partial charge is 0.326 e. The van der Waals surface area contributed by atoms with Gasteiger partial charge in [0.15, 0.2) is 0 Å². The Bertz CT molecular complexity index is 586. The van der Waals surface area contributed by atoms with Gasteiger partial charge < -0.3 is 26.4 Å². The third kappa shape index (κ3) is 6.66. The number of carbonyl (C=O) groups excluding carboxylic acids is 3.